The highest BCUT2D eigenvalue weighted by Crippen LogP contribution is 2.29. The van der Waals surface area contributed by atoms with Crippen molar-refractivity contribution in [2.24, 2.45) is 0 Å². The molecule has 2 aromatic rings. The van der Waals surface area contributed by atoms with Crippen LogP contribution in [0, 0.1) is 5.82 Å². The number of carbonyl (C=O) groups excluding carboxylic acids is 1. The van der Waals surface area contributed by atoms with Gasteiger partial charge in [0.15, 0.2) is 0 Å². The highest BCUT2D eigenvalue weighted by molar-refractivity contribution is 6.31. The number of fused-ring (bicyclic) bond motifs is 1. The van der Waals surface area contributed by atoms with E-state index in [0.717, 1.165) is 17.7 Å². The third-order valence-corrected chi connectivity index (χ3v) is 3.53. The SMILES string of the molecule is O=C(c1cc(Cl)ccc1F)N1CCc2ccccc21. The summed E-state index contributed by atoms with van der Waals surface area (Å²) in [7, 11) is 0. The fourth-order valence-corrected chi connectivity index (χ4v) is 2.53. The average molecular weight is 276 g/mol. The van der Waals surface area contributed by atoms with Crippen LogP contribution in [0.4, 0.5) is 10.1 Å². The molecule has 0 aliphatic carbocycles. The van der Waals surface area contributed by atoms with E-state index >= 15 is 0 Å². The molecule has 2 nitrogen and oxygen atoms in total. The van der Waals surface area contributed by atoms with Crippen LogP contribution in [0.5, 0.6) is 0 Å². The summed E-state index contributed by atoms with van der Waals surface area (Å²) in [5.41, 5.74) is 1.98. The first-order valence-electron chi connectivity index (χ1n) is 6.01. The molecule has 1 aliphatic heterocycles. The van der Waals surface area contributed by atoms with E-state index < -0.39 is 5.82 Å². The maximum Gasteiger partial charge on any atom is 0.261 e. The van der Waals surface area contributed by atoms with Gasteiger partial charge in [-0.25, -0.2) is 4.39 Å². The smallest absolute Gasteiger partial charge is 0.261 e. The lowest BCUT2D eigenvalue weighted by Crippen LogP contribution is -2.29. The number of halogens is 2. The van der Waals surface area contributed by atoms with Crippen molar-refractivity contribution in [1.29, 1.82) is 0 Å². The van der Waals surface area contributed by atoms with Gasteiger partial charge < -0.3 is 4.90 Å². The molecule has 0 unspecified atom stereocenters. The molecule has 0 radical (unpaired) electrons. The van der Waals surface area contributed by atoms with E-state index in [4.69, 9.17) is 11.6 Å². The summed E-state index contributed by atoms with van der Waals surface area (Å²) in [6, 6.07) is 11.7. The van der Waals surface area contributed by atoms with E-state index in [1.807, 2.05) is 24.3 Å². The second-order valence-corrected chi connectivity index (χ2v) is 4.90. The van der Waals surface area contributed by atoms with Gasteiger partial charge in [0.1, 0.15) is 5.82 Å². The second kappa shape index (κ2) is 4.67. The van der Waals surface area contributed by atoms with Gasteiger partial charge in [0.05, 0.1) is 5.56 Å². The predicted octanol–water partition coefficient (Wildman–Crippen LogP) is 3.68. The highest BCUT2D eigenvalue weighted by atomic mass is 35.5. The zero-order valence-corrected chi connectivity index (χ0v) is 10.8. The molecule has 96 valence electrons. The molecule has 4 heteroatoms. The van der Waals surface area contributed by atoms with Crippen LogP contribution in [0.1, 0.15) is 15.9 Å². The van der Waals surface area contributed by atoms with E-state index in [-0.39, 0.29) is 11.5 Å². The van der Waals surface area contributed by atoms with Crippen LogP contribution >= 0.6 is 11.6 Å². The highest BCUT2D eigenvalue weighted by Gasteiger charge is 2.26. The molecule has 0 saturated carbocycles. The van der Waals surface area contributed by atoms with Crippen LogP contribution in [0.15, 0.2) is 42.5 Å². The molecule has 0 fully saturated rings. The molecule has 2 aromatic carbocycles. The van der Waals surface area contributed by atoms with Crippen molar-refractivity contribution < 1.29 is 9.18 Å². The van der Waals surface area contributed by atoms with Crippen LogP contribution in [0.3, 0.4) is 0 Å². The number of hydrogen-bond donors (Lipinski definition) is 0. The molecule has 0 spiro atoms. The largest absolute Gasteiger partial charge is 0.308 e. The van der Waals surface area contributed by atoms with Crippen molar-refractivity contribution in [3.63, 3.8) is 0 Å². The van der Waals surface area contributed by atoms with Crippen molar-refractivity contribution in [3.05, 3.63) is 64.4 Å². The molecule has 1 heterocycles. The van der Waals surface area contributed by atoms with Crippen LogP contribution in [0.2, 0.25) is 5.02 Å². The van der Waals surface area contributed by atoms with Gasteiger partial charge in [-0.05, 0) is 36.2 Å². The van der Waals surface area contributed by atoms with Crippen molar-refractivity contribution in [2.45, 2.75) is 6.42 Å². The van der Waals surface area contributed by atoms with Gasteiger partial charge in [0.2, 0.25) is 0 Å². The number of para-hydroxylation sites is 1. The quantitative estimate of drug-likeness (QED) is 0.777. The van der Waals surface area contributed by atoms with E-state index in [2.05, 4.69) is 0 Å². The molecule has 0 N–H and O–H groups in total. The molecule has 0 aromatic heterocycles. The first-order valence-corrected chi connectivity index (χ1v) is 6.39. The van der Waals surface area contributed by atoms with Crippen molar-refractivity contribution in [3.8, 4) is 0 Å². The summed E-state index contributed by atoms with van der Waals surface area (Å²) < 4.78 is 13.7. The van der Waals surface area contributed by atoms with Gasteiger partial charge in [0, 0.05) is 17.3 Å². The Morgan fingerprint density at radius 3 is 2.84 bits per heavy atom. The molecule has 1 amide bonds. The molecular weight excluding hydrogens is 265 g/mol. The van der Waals surface area contributed by atoms with Gasteiger partial charge in [-0.1, -0.05) is 29.8 Å². The summed E-state index contributed by atoms with van der Waals surface area (Å²) in [5, 5.41) is 0.359. The lowest BCUT2D eigenvalue weighted by molar-refractivity contribution is 0.0985. The van der Waals surface area contributed by atoms with E-state index in [1.54, 1.807) is 4.90 Å². The minimum Gasteiger partial charge on any atom is -0.308 e. The number of carbonyl (C=O) groups is 1. The Hall–Kier alpha value is -1.87. The third-order valence-electron chi connectivity index (χ3n) is 3.29. The standard InChI is InChI=1S/C15H11ClFNO/c16-11-5-6-13(17)12(9-11)15(19)18-8-7-10-3-1-2-4-14(10)18/h1-6,9H,7-8H2. The minimum atomic E-state index is -0.543. The van der Waals surface area contributed by atoms with E-state index in [9.17, 15) is 9.18 Å². The Balaban J connectivity index is 2.00. The van der Waals surface area contributed by atoms with E-state index in [0.29, 0.717) is 11.6 Å². The Kier molecular flexibility index (Phi) is 2.99. The summed E-state index contributed by atoms with van der Waals surface area (Å²) >= 11 is 5.83. The van der Waals surface area contributed by atoms with Gasteiger partial charge in [-0.15, -0.1) is 0 Å². The fraction of sp³-hybridized carbons (Fsp3) is 0.133. The monoisotopic (exact) mass is 275 g/mol. The number of anilines is 1. The zero-order valence-electron chi connectivity index (χ0n) is 10.1. The Morgan fingerprint density at radius 1 is 1.21 bits per heavy atom. The topological polar surface area (TPSA) is 20.3 Å². The van der Waals surface area contributed by atoms with Crippen molar-refractivity contribution >= 4 is 23.2 Å². The number of benzene rings is 2. The second-order valence-electron chi connectivity index (χ2n) is 4.46. The minimum absolute atomic E-state index is 0.0178. The number of nitrogens with zero attached hydrogens (tertiary/aromatic N) is 1. The summed E-state index contributed by atoms with van der Waals surface area (Å²) in [5.74, 6) is -0.885. The molecule has 1 aliphatic rings. The van der Waals surface area contributed by atoms with Gasteiger partial charge in [-0.3, -0.25) is 4.79 Å². The third kappa shape index (κ3) is 2.10. The predicted molar refractivity (Wildman–Crippen MR) is 73.2 cm³/mol. The van der Waals surface area contributed by atoms with E-state index in [1.165, 1.54) is 18.2 Å². The first kappa shape index (κ1) is 12.2. The van der Waals surface area contributed by atoms with Crippen molar-refractivity contribution in [2.75, 3.05) is 11.4 Å². The summed E-state index contributed by atoms with van der Waals surface area (Å²) in [6.45, 7) is 0.574. The van der Waals surface area contributed by atoms with Crippen LogP contribution in [-0.4, -0.2) is 12.5 Å². The van der Waals surface area contributed by atoms with Gasteiger partial charge in [-0.2, -0.15) is 0 Å². The lowest BCUT2D eigenvalue weighted by Gasteiger charge is -2.17. The molecule has 19 heavy (non-hydrogen) atoms. The van der Waals surface area contributed by atoms with Crippen LogP contribution < -0.4 is 4.90 Å². The maximum absolute atomic E-state index is 13.7. The van der Waals surface area contributed by atoms with Crippen LogP contribution in [-0.2, 0) is 6.42 Å². The summed E-state index contributed by atoms with van der Waals surface area (Å²) in [4.78, 5) is 14.0. The Morgan fingerprint density at radius 2 is 2.00 bits per heavy atom. The van der Waals surface area contributed by atoms with Crippen LogP contribution in [0.25, 0.3) is 0 Å². The molecule has 3 rings (SSSR count). The molecule has 0 atom stereocenters. The van der Waals surface area contributed by atoms with Crippen molar-refractivity contribution in [1.82, 2.24) is 0 Å². The van der Waals surface area contributed by atoms with Gasteiger partial charge >= 0.3 is 0 Å². The number of hydrogen-bond acceptors (Lipinski definition) is 1. The number of amides is 1. The zero-order chi connectivity index (χ0) is 13.4. The van der Waals surface area contributed by atoms with Gasteiger partial charge in [0.25, 0.3) is 5.91 Å². The summed E-state index contributed by atoms with van der Waals surface area (Å²) in [6.07, 6.45) is 0.796. The fourth-order valence-electron chi connectivity index (χ4n) is 2.36. The number of rotatable bonds is 1. The molecular formula is C15H11ClFNO. The lowest BCUT2D eigenvalue weighted by atomic mass is 10.1. The first-order chi connectivity index (χ1) is 9.16. The average Bonchev–Trinajstić information content (AvgIpc) is 2.84. The maximum atomic E-state index is 13.7. The Bertz CT molecular complexity index is 656. The molecule has 0 saturated heterocycles. The molecule has 0 bridgehead atoms. The normalized spacial score (nSPS) is 13.5. The Labute approximate surface area is 115 Å².